The summed E-state index contributed by atoms with van der Waals surface area (Å²) >= 11 is 0. The summed E-state index contributed by atoms with van der Waals surface area (Å²) in [6.07, 6.45) is 3.84. The molecule has 0 aliphatic rings. The first-order valence-electron chi connectivity index (χ1n) is 6.65. The molecule has 0 saturated carbocycles. The zero-order chi connectivity index (χ0) is 15.1. The van der Waals surface area contributed by atoms with Crippen molar-refractivity contribution in [1.29, 1.82) is 0 Å². The van der Waals surface area contributed by atoms with E-state index in [2.05, 4.69) is 10.3 Å². The van der Waals surface area contributed by atoms with Gasteiger partial charge in [-0.05, 0) is 36.2 Å². The summed E-state index contributed by atoms with van der Waals surface area (Å²) in [4.78, 5) is 27.2. The Hall–Kier alpha value is -2.69. The third-order valence-corrected chi connectivity index (χ3v) is 2.85. The number of rotatable bonds is 5. The number of nitrogens with one attached hydrogen (secondary N) is 1. The molecule has 108 valence electrons. The smallest absolute Gasteiger partial charge is 0.340 e. The van der Waals surface area contributed by atoms with Crippen LogP contribution in [0, 0.1) is 0 Å². The van der Waals surface area contributed by atoms with Crippen molar-refractivity contribution in [2.45, 2.75) is 13.3 Å². The van der Waals surface area contributed by atoms with Crippen LogP contribution in [0.15, 0.2) is 48.8 Å². The fourth-order valence-electron chi connectivity index (χ4n) is 1.76. The molecule has 1 aromatic carbocycles. The van der Waals surface area contributed by atoms with E-state index < -0.39 is 5.97 Å². The lowest BCUT2D eigenvalue weighted by molar-refractivity contribution is -0.119. The average Bonchev–Trinajstić information content (AvgIpc) is 2.53. The minimum Gasteiger partial charge on any atom is -0.452 e. The fraction of sp³-hybridized carbons (Fsp3) is 0.188. The molecule has 0 spiro atoms. The van der Waals surface area contributed by atoms with Gasteiger partial charge >= 0.3 is 5.97 Å². The van der Waals surface area contributed by atoms with E-state index in [1.54, 1.807) is 24.4 Å². The summed E-state index contributed by atoms with van der Waals surface area (Å²) in [7, 11) is 0. The molecule has 0 fully saturated rings. The van der Waals surface area contributed by atoms with Crippen molar-refractivity contribution in [1.82, 2.24) is 4.98 Å². The summed E-state index contributed by atoms with van der Waals surface area (Å²) in [5, 5.41) is 2.69. The molecule has 5 heteroatoms. The van der Waals surface area contributed by atoms with Gasteiger partial charge in [0.2, 0.25) is 0 Å². The van der Waals surface area contributed by atoms with E-state index in [0.29, 0.717) is 11.3 Å². The molecule has 0 aliphatic heterocycles. The first-order chi connectivity index (χ1) is 10.2. The van der Waals surface area contributed by atoms with Crippen LogP contribution in [0.4, 0.5) is 5.69 Å². The van der Waals surface area contributed by atoms with Crippen molar-refractivity contribution in [2.75, 3.05) is 11.9 Å². The number of carbonyl (C=O) groups excluding carboxylic acids is 2. The number of carbonyl (C=O) groups is 2. The molecule has 5 nitrogen and oxygen atoms in total. The molecular weight excluding hydrogens is 268 g/mol. The van der Waals surface area contributed by atoms with E-state index in [1.807, 2.05) is 25.1 Å². The van der Waals surface area contributed by atoms with Crippen LogP contribution >= 0.6 is 0 Å². The molecular formula is C16H16N2O3. The third kappa shape index (κ3) is 4.42. The Morgan fingerprint density at radius 2 is 2.10 bits per heavy atom. The lowest BCUT2D eigenvalue weighted by Crippen LogP contribution is -2.21. The number of hydrogen-bond acceptors (Lipinski definition) is 4. The summed E-state index contributed by atoms with van der Waals surface area (Å²) in [5.74, 6) is -0.943. The van der Waals surface area contributed by atoms with Gasteiger partial charge in [0.25, 0.3) is 5.91 Å². The maximum Gasteiger partial charge on any atom is 0.340 e. The molecule has 0 aliphatic carbocycles. The predicted octanol–water partition coefficient (Wildman–Crippen LogP) is 2.44. The molecule has 1 N–H and O–H groups in total. The highest BCUT2D eigenvalue weighted by atomic mass is 16.5. The number of hydrogen-bond donors (Lipinski definition) is 1. The van der Waals surface area contributed by atoms with Crippen molar-refractivity contribution in [3.05, 3.63) is 59.9 Å². The summed E-state index contributed by atoms with van der Waals surface area (Å²) in [5.41, 5.74) is 2.13. The summed E-state index contributed by atoms with van der Waals surface area (Å²) < 4.78 is 4.93. The number of amides is 1. The zero-order valence-corrected chi connectivity index (χ0v) is 11.7. The number of aryl methyl sites for hydroxylation is 1. The Bertz CT molecular complexity index is 626. The van der Waals surface area contributed by atoms with Gasteiger partial charge in [0, 0.05) is 18.1 Å². The number of nitrogens with zero attached hydrogens (tertiary/aromatic N) is 1. The standard InChI is InChI=1S/C16H16N2O3/c1-2-12-5-3-7-14(9-12)18-15(19)11-21-16(20)13-6-4-8-17-10-13/h3-10H,2,11H2,1H3,(H,18,19). The van der Waals surface area contributed by atoms with E-state index in [9.17, 15) is 9.59 Å². The van der Waals surface area contributed by atoms with Crippen molar-refractivity contribution >= 4 is 17.6 Å². The van der Waals surface area contributed by atoms with E-state index in [-0.39, 0.29) is 12.5 Å². The summed E-state index contributed by atoms with van der Waals surface area (Å²) in [6, 6.07) is 10.7. The highest BCUT2D eigenvalue weighted by Gasteiger charge is 2.10. The zero-order valence-electron chi connectivity index (χ0n) is 11.7. The number of pyridine rings is 1. The average molecular weight is 284 g/mol. The largest absolute Gasteiger partial charge is 0.452 e. The second-order valence-corrected chi connectivity index (χ2v) is 4.42. The monoisotopic (exact) mass is 284 g/mol. The van der Waals surface area contributed by atoms with Gasteiger partial charge in [-0.25, -0.2) is 4.79 Å². The van der Waals surface area contributed by atoms with Gasteiger partial charge < -0.3 is 10.1 Å². The van der Waals surface area contributed by atoms with Crippen LogP contribution in [0.1, 0.15) is 22.8 Å². The van der Waals surface area contributed by atoms with Gasteiger partial charge in [-0.3, -0.25) is 9.78 Å². The second kappa shape index (κ2) is 7.19. The van der Waals surface area contributed by atoms with Crippen LogP contribution in [0.25, 0.3) is 0 Å². The number of ether oxygens (including phenoxy) is 1. The first-order valence-corrected chi connectivity index (χ1v) is 6.65. The van der Waals surface area contributed by atoms with E-state index in [4.69, 9.17) is 4.74 Å². The van der Waals surface area contributed by atoms with Crippen LogP contribution in [-0.4, -0.2) is 23.5 Å². The lowest BCUT2D eigenvalue weighted by Gasteiger charge is -2.07. The topological polar surface area (TPSA) is 68.3 Å². The minimum atomic E-state index is -0.569. The molecule has 1 amide bonds. The molecule has 2 aromatic rings. The molecule has 1 aromatic heterocycles. The molecule has 0 unspecified atom stereocenters. The van der Waals surface area contributed by atoms with Gasteiger partial charge in [-0.2, -0.15) is 0 Å². The van der Waals surface area contributed by atoms with Gasteiger partial charge in [0.1, 0.15) is 0 Å². The lowest BCUT2D eigenvalue weighted by atomic mass is 10.1. The third-order valence-electron chi connectivity index (χ3n) is 2.85. The van der Waals surface area contributed by atoms with E-state index in [1.165, 1.54) is 6.20 Å². The SMILES string of the molecule is CCc1cccc(NC(=O)COC(=O)c2cccnc2)c1. The Morgan fingerprint density at radius 1 is 1.24 bits per heavy atom. The Balaban J connectivity index is 1.86. The van der Waals surface area contributed by atoms with Crippen LogP contribution < -0.4 is 5.32 Å². The maximum atomic E-state index is 11.7. The minimum absolute atomic E-state index is 0.318. The van der Waals surface area contributed by atoms with Crippen molar-refractivity contribution in [3.63, 3.8) is 0 Å². The molecule has 1 heterocycles. The molecule has 0 atom stereocenters. The molecule has 0 bridgehead atoms. The highest BCUT2D eigenvalue weighted by Crippen LogP contribution is 2.11. The maximum absolute atomic E-state index is 11.7. The van der Waals surface area contributed by atoms with Crippen LogP contribution in [0.5, 0.6) is 0 Å². The van der Waals surface area contributed by atoms with E-state index >= 15 is 0 Å². The van der Waals surface area contributed by atoms with Crippen LogP contribution in [0.3, 0.4) is 0 Å². The fourth-order valence-corrected chi connectivity index (χ4v) is 1.76. The Labute approximate surface area is 123 Å². The molecule has 2 rings (SSSR count). The van der Waals surface area contributed by atoms with Crippen molar-refractivity contribution in [3.8, 4) is 0 Å². The van der Waals surface area contributed by atoms with Gasteiger partial charge in [0.05, 0.1) is 5.56 Å². The normalized spacial score (nSPS) is 9.95. The Morgan fingerprint density at radius 3 is 2.81 bits per heavy atom. The van der Waals surface area contributed by atoms with Gasteiger partial charge in [0.15, 0.2) is 6.61 Å². The van der Waals surface area contributed by atoms with E-state index in [0.717, 1.165) is 12.0 Å². The molecule has 21 heavy (non-hydrogen) atoms. The van der Waals surface area contributed by atoms with Gasteiger partial charge in [-0.1, -0.05) is 19.1 Å². The van der Waals surface area contributed by atoms with Crippen LogP contribution in [0.2, 0.25) is 0 Å². The number of aromatic nitrogens is 1. The molecule has 0 radical (unpaired) electrons. The molecule has 0 saturated heterocycles. The highest BCUT2D eigenvalue weighted by molar-refractivity contribution is 5.95. The first kappa shape index (κ1) is 14.7. The summed E-state index contributed by atoms with van der Waals surface area (Å²) in [6.45, 7) is 1.71. The van der Waals surface area contributed by atoms with Gasteiger partial charge in [-0.15, -0.1) is 0 Å². The second-order valence-electron chi connectivity index (χ2n) is 4.42. The quantitative estimate of drug-likeness (QED) is 0.856. The Kier molecular flexibility index (Phi) is 5.04. The van der Waals surface area contributed by atoms with Crippen molar-refractivity contribution in [2.24, 2.45) is 0 Å². The van der Waals surface area contributed by atoms with Crippen LogP contribution in [-0.2, 0) is 16.0 Å². The predicted molar refractivity (Wildman–Crippen MR) is 79.0 cm³/mol. The number of esters is 1. The number of anilines is 1. The van der Waals surface area contributed by atoms with Crippen molar-refractivity contribution < 1.29 is 14.3 Å². The number of benzene rings is 1.